The van der Waals surface area contributed by atoms with Gasteiger partial charge in [0.2, 0.25) is 0 Å². The molecule has 1 N–H and O–H groups in total. The van der Waals surface area contributed by atoms with Crippen molar-refractivity contribution in [3.05, 3.63) is 0 Å². The fourth-order valence-electron chi connectivity index (χ4n) is 0.970. The van der Waals surface area contributed by atoms with Gasteiger partial charge in [0.15, 0.2) is 0 Å². The summed E-state index contributed by atoms with van der Waals surface area (Å²) in [4.78, 5) is 0. The predicted molar refractivity (Wildman–Crippen MR) is 35.9 cm³/mol. The van der Waals surface area contributed by atoms with Crippen LogP contribution in [0.1, 0.15) is 12.8 Å². The Hall–Kier alpha value is 0.0300. The molecule has 2 unspecified atom stereocenters. The Morgan fingerprint density at radius 2 is 2.50 bits per heavy atom. The van der Waals surface area contributed by atoms with Gasteiger partial charge in [-0.25, -0.2) is 4.72 Å². The molecule has 1 saturated heterocycles. The van der Waals surface area contributed by atoms with Gasteiger partial charge in [0.25, 0.3) is 0 Å². The van der Waals surface area contributed by atoms with Gasteiger partial charge in [-0.1, -0.05) is 0 Å². The summed E-state index contributed by atoms with van der Waals surface area (Å²) in [5.74, 6) is 0. The number of nitrogens with one attached hydrogen (secondary N) is 1. The third-order valence-corrected chi connectivity index (χ3v) is 1.95. The van der Waals surface area contributed by atoms with Gasteiger partial charge in [-0.05, 0) is 12.8 Å². The number of hydrogen-bond donors (Lipinski definition) is 1. The molecule has 0 spiro atoms. The Morgan fingerprint density at radius 1 is 1.70 bits per heavy atom. The topological polar surface area (TPSA) is 61.4 Å². The van der Waals surface area contributed by atoms with E-state index in [2.05, 4.69) is 4.72 Å². The maximum absolute atomic E-state index is 10.1. The fourth-order valence-corrected chi connectivity index (χ4v) is 1.43. The van der Waals surface area contributed by atoms with Crippen LogP contribution in [-0.4, -0.2) is 28.0 Å². The molecule has 1 rings (SSSR count). The van der Waals surface area contributed by atoms with E-state index in [0.717, 1.165) is 19.4 Å². The van der Waals surface area contributed by atoms with Gasteiger partial charge in [0.05, 0.1) is 6.61 Å². The summed E-state index contributed by atoms with van der Waals surface area (Å²) in [5.41, 5.74) is 0. The highest BCUT2D eigenvalue weighted by Crippen LogP contribution is 2.05. The molecule has 1 aliphatic rings. The molecule has 4 nitrogen and oxygen atoms in total. The second-order valence-corrected chi connectivity index (χ2v) is 2.97. The molecule has 1 aliphatic heterocycles. The lowest BCUT2D eigenvalue weighted by molar-refractivity contribution is 0.0772. The molecular formula is C5H10NO3S-. The molecule has 60 valence electrons. The maximum Gasteiger partial charge on any atom is 0.0629 e. The SMILES string of the molecule is O=S([O-])NC1CCCOC1. The molecule has 0 saturated carbocycles. The van der Waals surface area contributed by atoms with E-state index in [1.807, 2.05) is 0 Å². The van der Waals surface area contributed by atoms with Crippen molar-refractivity contribution >= 4 is 11.3 Å². The van der Waals surface area contributed by atoms with E-state index in [0.29, 0.717) is 6.61 Å². The highest BCUT2D eigenvalue weighted by Gasteiger charge is 2.12. The highest BCUT2D eigenvalue weighted by atomic mass is 32.2. The first-order chi connectivity index (χ1) is 4.79. The Bertz CT molecular complexity index is 124. The largest absolute Gasteiger partial charge is 0.760 e. The summed E-state index contributed by atoms with van der Waals surface area (Å²) in [6.07, 6.45) is 1.82. The van der Waals surface area contributed by atoms with E-state index < -0.39 is 11.3 Å². The minimum absolute atomic E-state index is 0.00733. The van der Waals surface area contributed by atoms with Gasteiger partial charge in [-0.2, -0.15) is 0 Å². The molecule has 0 bridgehead atoms. The summed E-state index contributed by atoms with van der Waals surface area (Å²) in [6, 6.07) is -0.00733. The highest BCUT2D eigenvalue weighted by molar-refractivity contribution is 7.77. The number of hydrogen-bond acceptors (Lipinski definition) is 3. The monoisotopic (exact) mass is 164 g/mol. The minimum Gasteiger partial charge on any atom is -0.760 e. The fraction of sp³-hybridized carbons (Fsp3) is 1.00. The van der Waals surface area contributed by atoms with E-state index in [1.54, 1.807) is 0 Å². The summed E-state index contributed by atoms with van der Waals surface area (Å²) in [7, 11) is 0. The smallest absolute Gasteiger partial charge is 0.0629 e. The van der Waals surface area contributed by atoms with Gasteiger partial charge in [0.1, 0.15) is 0 Å². The zero-order valence-electron chi connectivity index (χ0n) is 5.54. The normalized spacial score (nSPS) is 29.9. The lowest BCUT2D eigenvalue weighted by Gasteiger charge is -2.23. The van der Waals surface area contributed by atoms with E-state index in [-0.39, 0.29) is 6.04 Å². The molecule has 0 aromatic carbocycles. The van der Waals surface area contributed by atoms with Crippen molar-refractivity contribution in [2.24, 2.45) is 0 Å². The van der Waals surface area contributed by atoms with Crippen LogP contribution in [0.5, 0.6) is 0 Å². The van der Waals surface area contributed by atoms with Crippen molar-refractivity contribution in [2.45, 2.75) is 18.9 Å². The zero-order chi connectivity index (χ0) is 7.40. The van der Waals surface area contributed by atoms with Crippen LogP contribution >= 0.6 is 0 Å². The second-order valence-electron chi connectivity index (χ2n) is 2.27. The molecule has 1 fully saturated rings. The van der Waals surface area contributed by atoms with Crippen LogP contribution < -0.4 is 4.72 Å². The molecule has 5 heteroatoms. The molecule has 0 aromatic rings. The third-order valence-electron chi connectivity index (χ3n) is 1.42. The van der Waals surface area contributed by atoms with Crippen molar-refractivity contribution in [1.29, 1.82) is 0 Å². The average molecular weight is 164 g/mol. The van der Waals surface area contributed by atoms with Gasteiger partial charge in [-0.15, -0.1) is 0 Å². The van der Waals surface area contributed by atoms with Gasteiger partial charge in [-0.3, -0.25) is 4.21 Å². The van der Waals surface area contributed by atoms with Crippen molar-refractivity contribution in [3.8, 4) is 0 Å². The van der Waals surface area contributed by atoms with E-state index in [4.69, 9.17) is 4.74 Å². The Morgan fingerprint density at radius 3 is 3.00 bits per heavy atom. The summed E-state index contributed by atoms with van der Waals surface area (Å²) >= 11 is -2.14. The average Bonchev–Trinajstić information content (AvgIpc) is 1.88. The predicted octanol–water partition coefficient (Wildman–Crippen LogP) is -0.451. The van der Waals surface area contributed by atoms with Crippen LogP contribution in [0.4, 0.5) is 0 Å². The van der Waals surface area contributed by atoms with Crippen LogP contribution in [0.2, 0.25) is 0 Å². The molecule has 10 heavy (non-hydrogen) atoms. The van der Waals surface area contributed by atoms with Crippen LogP contribution in [0.25, 0.3) is 0 Å². The molecule has 1 heterocycles. The van der Waals surface area contributed by atoms with Crippen LogP contribution in [0.3, 0.4) is 0 Å². The van der Waals surface area contributed by atoms with Crippen LogP contribution in [0, 0.1) is 0 Å². The van der Waals surface area contributed by atoms with Crippen molar-refractivity contribution in [2.75, 3.05) is 13.2 Å². The second kappa shape index (κ2) is 4.02. The van der Waals surface area contributed by atoms with Gasteiger partial charge < -0.3 is 9.29 Å². The molecule has 0 aliphatic carbocycles. The first-order valence-corrected chi connectivity index (χ1v) is 4.29. The number of ether oxygens (including phenoxy) is 1. The third kappa shape index (κ3) is 2.74. The van der Waals surface area contributed by atoms with Crippen LogP contribution in [-0.2, 0) is 16.0 Å². The molecule has 0 aromatic heterocycles. The van der Waals surface area contributed by atoms with Crippen molar-refractivity contribution in [3.63, 3.8) is 0 Å². The summed E-state index contributed by atoms with van der Waals surface area (Å²) < 4.78 is 27.6. The molecule has 2 atom stereocenters. The van der Waals surface area contributed by atoms with E-state index >= 15 is 0 Å². The molecular weight excluding hydrogens is 154 g/mol. The maximum atomic E-state index is 10.1. The molecule has 0 amide bonds. The van der Waals surface area contributed by atoms with Crippen LogP contribution in [0.15, 0.2) is 0 Å². The Labute approximate surface area is 62.4 Å². The number of rotatable bonds is 2. The Kier molecular flexibility index (Phi) is 3.27. The lowest BCUT2D eigenvalue weighted by atomic mass is 10.1. The lowest BCUT2D eigenvalue weighted by Crippen LogP contribution is -2.37. The van der Waals surface area contributed by atoms with E-state index in [9.17, 15) is 8.76 Å². The summed E-state index contributed by atoms with van der Waals surface area (Å²) in [6.45, 7) is 1.26. The van der Waals surface area contributed by atoms with E-state index in [1.165, 1.54) is 0 Å². The van der Waals surface area contributed by atoms with Crippen molar-refractivity contribution < 1.29 is 13.5 Å². The van der Waals surface area contributed by atoms with Gasteiger partial charge >= 0.3 is 0 Å². The van der Waals surface area contributed by atoms with Gasteiger partial charge in [0, 0.05) is 23.9 Å². The Balaban J connectivity index is 2.19. The quantitative estimate of drug-likeness (QED) is 0.562. The first-order valence-electron chi connectivity index (χ1n) is 3.22. The minimum atomic E-state index is -2.14. The molecule has 0 radical (unpaired) electrons. The first kappa shape index (κ1) is 8.13. The zero-order valence-corrected chi connectivity index (χ0v) is 6.36. The summed E-state index contributed by atoms with van der Waals surface area (Å²) in [5, 5.41) is 0. The standard InChI is InChI=1S/C5H11NO3S/c7-10(8)6-5-2-1-3-9-4-5/h5-6H,1-4H2,(H,7,8)/p-1. The van der Waals surface area contributed by atoms with Crippen molar-refractivity contribution in [1.82, 2.24) is 4.72 Å².